The van der Waals surface area contributed by atoms with Crippen LogP contribution in [0.5, 0.6) is 0 Å². The maximum Gasteiger partial charge on any atom is 0.223 e. The van der Waals surface area contributed by atoms with Crippen LogP contribution in [0.3, 0.4) is 0 Å². The predicted molar refractivity (Wildman–Crippen MR) is 116 cm³/mol. The number of hydrogen-bond acceptors (Lipinski definition) is 4. The van der Waals surface area contributed by atoms with Crippen molar-refractivity contribution >= 4 is 15.9 Å². The Morgan fingerprint density at radius 2 is 1.86 bits per heavy atom. The molecule has 2 aliphatic rings. The number of rotatable bonds is 8. The van der Waals surface area contributed by atoms with Gasteiger partial charge in [0.25, 0.3) is 0 Å². The zero-order valence-corrected chi connectivity index (χ0v) is 18.6. The van der Waals surface area contributed by atoms with Gasteiger partial charge >= 0.3 is 0 Å². The Morgan fingerprint density at radius 3 is 2.52 bits per heavy atom. The van der Waals surface area contributed by atoms with Gasteiger partial charge in [-0.2, -0.15) is 0 Å². The molecule has 1 aromatic rings. The van der Waals surface area contributed by atoms with Gasteiger partial charge in [-0.25, -0.2) is 12.7 Å². The molecule has 6 nitrogen and oxygen atoms in total. The Labute approximate surface area is 175 Å². The fraction of sp³-hybridized carbons (Fsp3) is 0.682. The molecule has 162 valence electrons. The summed E-state index contributed by atoms with van der Waals surface area (Å²) < 4.78 is 27.0. The Kier molecular flexibility index (Phi) is 7.71. The van der Waals surface area contributed by atoms with E-state index in [2.05, 4.69) is 17.1 Å². The SMILES string of the molecule is Cc1cccc(CS(=O)(=O)N2CCC(C(=O)NCC[C@H](C)N3CCCC3)CC2)c1. The van der Waals surface area contributed by atoms with E-state index in [0.29, 0.717) is 38.5 Å². The molecule has 2 aliphatic heterocycles. The number of benzene rings is 1. The Bertz CT molecular complexity index is 782. The molecule has 1 N–H and O–H groups in total. The van der Waals surface area contributed by atoms with Gasteiger partial charge in [-0.3, -0.25) is 4.79 Å². The summed E-state index contributed by atoms with van der Waals surface area (Å²) in [4.78, 5) is 15.0. The van der Waals surface area contributed by atoms with Gasteiger partial charge in [0.15, 0.2) is 0 Å². The van der Waals surface area contributed by atoms with Crippen LogP contribution in [0.1, 0.15) is 50.2 Å². The lowest BCUT2D eigenvalue weighted by molar-refractivity contribution is -0.126. The van der Waals surface area contributed by atoms with Gasteiger partial charge < -0.3 is 10.2 Å². The molecule has 0 bridgehead atoms. The van der Waals surface area contributed by atoms with Crippen molar-refractivity contribution in [2.75, 3.05) is 32.7 Å². The summed E-state index contributed by atoms with van der Waals surface area (Å²) in [6.07, 6.45) is 4.72. The van der Waals surface area contributed by atoms with Crippen LogP contribution in [-0.4, -0.2) is 62.3 Å². The second-order valence-electron chi connectivity index (χ2n) is 8.59. The van der Waals surface area contributed by atoms with E-state index in [1.54, 1.807) is 4.31 Å². The summed E-state index contributed by atoms with van der Waals surface area (Å²) in [6.45, 7) is 8.09. The molecule has 0 radical (unpaired) electrons. The molecule has 2 fully saturated rings. The van der Waals surface area contributed by atoms with Crippen LogP contribution in [0.25, 0.3) is 0 Å². The second-order valence-corrected chi connectivity index (χ2v) is 10.6. The largest absolute Gasteiger partial charge is 0.356 e. The lowest BCUT2D eigenvalue weighted by atomic mass is 9.97. The molecule has 0 spiro atoms. The number of aryl methyl sites for hydroxylation is 1. The van der Waals surface area contributed by atoms with Crippen molar-refractivity contribution in [2.45, 2.75) is 57.7 Å². The number of piperidine rings is 1. The maximum absolute atomic E-state index is 12.7. The molecule has 0 aliphatic carbocycles. The summed E-state index contributed by atoms with van der Waals surface area (Å²) in [7, 11) is -3.34. The molecule has 0 aromatic heterocycles. The van der Waals surface area contributed by atoms with Gasteiger partial charge in [-0.05, 0) is 64.6 Å². The van der Waals surface area contributed by atoms with Crippen LogP contribution in [-0.2, 0) is 20.6 Å². The average Bonchev–Trinajstić information content (AvgIpc) is 3.22. The molecule has 1 amide bonds. The number of nitrogens with one attached hydrogen (secondary N) is 1. The molecule has 3 rings (SSSR count). The first-order valence-electron chi connectivity index (χ1n) is 10.9. The van der Waals surface area contributed by atoms with Gasteiger partial charge in [-0.1, -0.05) is 29.8 Å². The molecule has 1 aromatic carbocycles. The first-order chi connectivity index (χ1) is 13.8. The fourth-order valence-electron chi connectivity index (χ4n) is 4.41. The fourth-order valence-corrected chi connectivity index (χ4v) is 5.96. The van der Waals surface area contributed by atoms with Gasteiger partial charge in [0, 0.05) is 31.6 Å². The number of amides is 1. The van der Waals surface area contributed by atoms with E-state index in [-0.39, 0.29) is 17.6 Å². The quantitative estimate of drug-likeness (QED) is 0.700. The minimum Gasteiger partial charge on any atom is -0.356 e. The van der Waals surface area contributed by atoms with Crippen LogP contribution < -0.4 is 5.32 Å². The highest BCUT2D eigenvalue weighted by atomic mass is 32.2. The first kappa shape index (κ1) is 22.2. The zero-order valence-electron chi connectivity index (χ0n) is 17.8. The molecule has 2 saturated heterocycles. The summed E-state index contributed by atoms with van der Waals surface area (Å²) >= 11 is 0. The molecular formula is C22H35N3O3S. The number of carbonyl (C=O) groups is 1. The third-order valence-corrected chi connectivity index (χ3v) is 8.13. The van der Waals surface area contributed by atoms with Crippen LogP contribution in [0, 0.1) is 12.8 Å². The minimum absolute atomic E-state index is 0.0277. The number of nitrogens with zero attached hydrogens (tertiary/aromatic N) is 2. The highest BCUT2D eigenvalue weighted by Gasteiger charge is 2.31. The molecular weight excluding hydrogens is 386 g/mol. The summed E-state index contributed by atoms with van der Waals surface area (Å²) in [5.41, 5.74) is 1.88. The Morgan fingerprint density at radius 1 is 1.17 bits per heavy atom. The monoisotopic (exact) mass is 421 g/mol. The summed E-state index contributed by atoms with van der Waals surface area (Å²) in [5.74, 6) is 0.0248. The zero-order chi connectivity index (χ0) is 20.9. The Hall–Kier alpha value is -1.44. The van der Waals surface area contributed by atoms with E-state index >= 15 is 0 Å². The summed E-state index contributed by atoms with van der Waals surface area (Å²) in [6, 6.07) is 8.13. The predicted octanol–water partition coefficient (Wildman–Crippen LogP) is 2.53. The van der Waals surface area contributed by atoms with E-state index < -0.39 is 10.0 Å². The van der Waals surface area contributed by atoms with Crippen LogP contribution >= 0.6 is 0 Å². The van der Waals surface area contributed by atoms with Crippen molar-refractivity contribution in [1.82, 2.24) is 14.5 Å². The lowest BCUT2D eigenvalue weighted by Gasteiger charge is -2.31. The lowest BCUT2D eigenvalue weighted by Crippen LogP contribution is -2.44. The topological polar surface area (TPSA) is 69.7 Å². The van der Waals surface area contributed by atoms with Gasteiger partial charge in [-0.15, -0.1) is 0 Å². The van der Waals surface area contributed by atoms with Crippen LogP contribution in [0.15, 0.2) is 24.3 Å². The van der Waals surface area contributed by atoms with Crippen molar-refractivity contribution < 1.29 is 13.2 Å². The molecule has 2 heterocycles. The third kappa shape index (κ3) is 6.27. The standard InChI is InChI=1S/C22H35N3O3S/c1-18-6-5-7-20(16-18)17-29(27,28)25-14-9-21(10-15-25)22(26)23-11-8-19(2)24-12-3-4-13-24/h5-7,16,19,21H,3-4,8-15,17H2,1-2H3,(H,23,26)/t19-/m0/s1. The van der Waals surface area contributed by atoms with Crippen LogP contribution in [0.2, 0.25) is 0 Å². The van der Waals surface area contributed by atoms with Gasteiger partial charge in [0.1, 0.15) is 0 Å². The number of hydrogen-bond donors (Lipinski definition) is 1. The van der Waals surface area contributed by atoms with Crippen molar-refractivity contribution in [1.29, 1.82) is 0 Å². The van der Waals surface area contributed by atoms with Gasteiger partial charge in [0.2, 0.25) is 15.9 Å². The first-order valence-corrected chi connectivity index (χ1v) is 12.5. The highest BCUT2D eigenvalue weighted by Crippen LogP contribution is 2.22. The normalized spacial score (nSPS) is 20.6. The minimum atomic E-state index is -3.34. The van der Waals surface area contributed by atoms with E-state index in [4.69, 9.17) is 0 Å². The third-order valence-electron chi connectivity index (χ3n) is 6.28. The number of carbonyl (C=O) groups excluding carboxylic acids is 1. The molecule has 0 saturated carbocycles. The summed E-state index contributed by atoms with van der Waals surface area (Å²) in [5, 5.41) is 3.07. The van der Waals surface area contributed by atoms with Crippen molar-refractivity contribution in [3.63, 3.8) is 0 Å². The van der Waals surface area contributed by atoms with E-state index in [0.717, 1.165) is 17.5 Å². The highest BCUT2D eigenvalue weighted by molar-refractivity contribution is 7.88. The second kappa shape index (κ2) is 10.0. The van der Waals surface area contributed by atoms with Crippen molar-refractivity contribution in [3.8, 4) is 0 Å². The van der Waals surface area contributed by atoms with Crippen LogP contribution in [0.4, 0.5) is 0 Å². The molecule has 1 atom stereocenters. The van der Waals surface area contributed by atoms with Crippen molar-refractivity contribution in [3.05, 3.63) is 35.4 Å². The number of likely N-dealkylation sites (tertiary alicyclic amines) is 1. The van der Waals surface area contributed by atoms with Crippen molar-refractivity contribution in [2.24, 2.45) is 5.92 Å². The van der Waals surface area contributed by atoms with Gasteiger partial charge in [0.05, 0.1) is 5.75 Å². The molecule has 7 heteroatoms. The van der Waals surface area contributed by atoms with E-state index in [1.165, 1.54) is 25.9 Å². The average molecular weight is 422 g/mol. The molecule has 0 unspecified atom stereocenters. The van der Waals surface area contributed by atoms with E-state index in [1.807, 2.05) is 31.2 Å². The number of sulfonamides is 1. The molecule has 29 heavy (non-hydrogen) atoms. The smallest absolute Gasteiger partial charge is 0.223 e. The Balaban J connectivity index is 1.41. The van der Waals surface area contributed by atoms with E-state index in [9.17, 15) is 13.2 Å². The maximum atomic E-state index is 12.7.